The van der Waals surface area contributed by atoms with Gasteiger partial charge in [-0.2, -0.15) is 5.10 Å². The number of hydrogen-bond acceptors (Lipinski definition) is 3. The van der Waals surface area contributed by atoms with E-state index in [2.05, 4.69) is 23.6 Å². The van der Waals surface area contributed by atoms with Crippen molar-refractivity contribution < 1.29 is 9.59 Å². The highest BCUT2D eigenvalue weighted by molar-refractivity contribution is 5.99. The van der Waals surface area contributed by atoms with Gasteiger partial charge in [0.1, 0.15) is 5.82 Å². The molecule has 1 heterocycles. The summed E-state index contributed by atoms with van der Waals surface area (Å²) in [7, 11) is 0. The van der Waals surface area contributed by atoms with Gasteiger partial charge in [0.15, 0.2) is 0 Å². The summed E-state index contributed by atoms with van der Waals surface area (Å²) in [6.07, 6.45) is 0.906. The summed E-state index contributed by atoms with van der Waals surface area (Å²) in [6, 6.07) is 25.1. The van der Waals surface area contributed by atoms with E-state index in [0.29, 0.717) is 11.4 Å². The van der Waals surface area contributed by atoms with Crippen LogP contribution in [0.25, 0.3) is 16.9 Å². The normalized spacial score (nSPS) is 10.7. The molecule has 0 bridgehead atoms. The van der Waals surface area contributed by atoms with Gasteiger partial charge in [-0.05, 0) is 49.6 Å². The van der Waals surface area contributed by atoms with Crippen LogP contribution in [0.5, 0.6) is 0 Å². The summed E-state index contributed by atoms with van der Waals surface area (Å²) in [4.78, 5) is 25.2. The molecule has 0 spiro atoms. The number of nitrogens with one attached hydrogen (secondary N) is 2. The van der Waals surface area contributed by atoms with Crippen LogP contribution in [0.3, 0.4) is 0 Å². The van der Waals surface area contributed by atoms with Crippen LogP contribution < -0.4 is 10.6 Å². The molecule has 2 amide bonds. The van der Waals surface area contributed by atoms with E-state index in [1.807, 2.05) is 74.5 Å². The SMILES string of the molecule is CCc1ccc(C(=O)NCC(=O)Nc2cc(-c3ccccc3)nn2-c2ccc(C)cc2C)cc1. The van der Waals surface area contributed by atoms with Gasteiger partial charge >= 0.3 is 0 Å². The second-order valence-corrected chi connectivity index (χ2v) is 8.26. The molecular weight excluding hydrogens is 424 g/mol. The van der Waals surface area contributed by atoms with Crippen LogP contribution in [-0.4, -0.2) is 28.1 Å². The largest absolute Gasteiger partial charge is 0.343 e. The molecule has 1 aromatic heterocycles. The average molecular weight is 453 g/mol. The first-order chi connectivity index (χ1) is 16.4. The Balaban J connectivity index is 1.54. The molecule has 0 atom stereocenters. The number of aromatic nitrogens is 2. The third-order valence-corrected chi connectivity index (χ3v) is 5.66. The Hall–Kier alpha value is -4.19. The quantitative estimate of drug-likeness (QED) is 0.410. The van der Waals surface area contributed by atoms with E-state index in [1.165, 1.54) is 0 Å². The fourth-order valence-electron chi connectivity index (χ4n) is 3.79. The van der Waals surface area contributed by atoms with Crippen LogP contribution in [-0.2, 0) is 11.2 Å². The molecule has 0 radical (unpaired) electrons. The molecule has 0 aliphatic carbocycles. The standard InChI is InChI=1S/C28H28N4O2/c1-4-21-11-13-23(14-12-21)28(34)29-18-27(33)30-26-17-24(22-8-6-5-7-9-22)31-32(26)25-15-10-19(2)16-20(25)3/h5-17H,4,18H2,1-3H3,(H,29,34)(H,30,33). The van der Waals surface area contributed by atoms with Crippen molar-refractivity contribution in [3.63, 3.8) is 0 Å². The molecule has 4 rings (SSSR count). The number of rotatable bonds is 7. The molecule has 6 nitrogen and oxygen atoms in total. The molecule has 0 aliphatic heterocycles. The third-order valence-electron chi connectivity index (χ3n) is 5.66. The van der Waals surface area contributed by atoms with Crippen molar-refractivity contribution in [1.29, 1.82) is 0 Å². The maximum absolute atomic E-state index is 12.8. The van der Waals surface area contributed by atoms with Crippen molar-refractivity contribution in [3.05, 3.63) is 101 Å². The number of carbonyl (C=O) groups is 2. The molecule has 0 saturated heterocycles. The lowest BCUT2D eigenvalue weighted by Gasteiger charge is -2.12. The molecule has 0 aliphatic rings. The maximum atomic E-state index is 12.8. The Morgan fingerprint density at radius 3 is 2.32 bits per heavy atom. The zero-order valence-electron chi connectivity index (χ0n) is 19.6. The van der Waals surface area contributed by atoms with Crippen LogP contribution in [0.1, 0.15) is 34.0 Å². The van der Waals surface area contributed by atoms with Gasteiger partial charge in [0.05, 0.1) is 17.9 Å². The summed E-state index contributed by atoms with van der Waals surface area (Å²) in [6.45, 7) is 5.97. The van der Waals surface area contributed by atoms with Crippen molar-refractivity contribution in [2.24, 2.45) is 0 Å². The lowest BCUT2D eigenvalue weighted by Crippen LogP contribution is -2.33. The molecule has 6 heteroatoms. The summed E-state index contributed by atoms with van der Waals surface area (Å²) < 4.78 is 1.74. The fraction of sp³-hybridized carbons (Fsp3) is 0.179. The fourth-order valence-corrected chi connectivity index (χ4v) is 3.79. The van der Waals surface area contributed by atoms with E-state index >= 15 is 0 Å². The molecule has 4 aromatic rings. The van der Waals surface area contributed by atoms with E-state index in [-0.39, 0.29) is 18.4 Å². The number of benzene rings is 3. The highest BCUT2D eigenvalue weighted by Gasteiger charge is 2.16. The summed E-state index contributed by atoms with van der Waals surface area (Å²) >= 11 is 0. The van der Waals surface area contributed by atoms with Crippen molar-refractivity contribution in [3.8, 4) is 16.9 Å². The predicted octanol–water partition coefficient (Wildman–Crippen LogP) is 5.09. The number of nitrogens with zero attached hydrogens (tertiary/aromatic N) is 2. The Morgan fingerprint density at radius 2 is 1.65 bits per heavy atom. The molecule has 34 heavy (non-hydrogen) atoms. The first kappa shape index (κ1) is 23.0. The van der Waals surface area contributed by atoms with Crippen molar-refractivity contribution >= 4 is 17.6 Å². The summed E-state index contributed by atoms with van der Waals surface area (Å²) in [5, 5.41) is 10.4. The molecular formula is C28H28N4O2. The number of anilines is 1. The van der Waals surface area contributed by atoms with Gasteiger partial charge in [0, 0.05) is 17.2 Å². The van der Waals surface area contributed by atoms with Crippen molar-refractivity contribution in [2.45, 2.75) is 27.2 Å². The number of amides is 2. The van der Waals surface area contributed by atoms with Gasteiger partial charge in [-0.15, -0.1) is 0 Å². The van der Waals surface area contributed by atoms with Crippen molar-refractivity contribution in [1.82, 2.24) is 15.1 Å². The van der Waals surface area contributed by atoms with Crippen LogP contribution in [0, 0.1) is 13.8 Å². The number of hydrogen-bond donors (Lipinski definition) is 2. The number of carbonyl (C=O) groups excluding carboxylic acids is 2. The van der Waals surface area contributed by atoms with E-state index in [0.717, 1.165) is 40.1 Å². The predicted molar refractivity (Wildman–Crippen MR) is 135 cm³/mol. The van der Waals surface area contributed by atoms with Gasteiger partial charge in [-0.25, -0.2) is 4.68 Å². The smallest absolute Gasteiger partial charge is 0.251 e. The van der Waals surface area contributed by atoms with Gasteiger partial charge in [0.2, 0.25) is 5.91 Å². The minimum Gasteiger partial charge on any atom is -0.343 e. The maximum Gasteiger partial charge on any atom is 0.251 e. The molecule has 172 valence electrons. The minimum atomic E-state index is -0.330. The Labute approximate surface area is 199 Å². The minimum absolute atomic E-state index is 0.146. The highest BCUT2D eigenvalue weighted by atomic mass is 16.2. The zero-order valence-corrected chi connectivity index (χ0v) is 19.6. The van der Waals surface area contributed by atoms with E-state index in [1.54, 1.807) is 16.8 Å². The van der Waals surface area contributed by atoms with Gasteiger partial charge in [0.25, 0.3) is 5.91 Å². The number of aryl methyl sites for hydroxylation is 3. The lowest BCUT2D eigenvalue weighted by molar-refractivity contribution is -0.115. The van der Waals surface area contributed by atoms with Crippen LogP contribution in [0.4, 0.5) is 5.82 Å². The van der Waals surface area contributed by atoms with Crippen molar-refractivity contribution in [2.75, 3.05) is 11.9 Å². The Bertz CT molecular complexity index is 1310. The molecule has 0 saturated carbocycles. The zero-order chi connectivity index (χ0) is 24.1. The second-order valence-electron chi connectivity index (χ2n) is 8.26. The van der Waals surface area contributed by atoms with Gasteiger partial charge in [-0.3, -0.25) is 9.59 Å². The molecule has 3 aromatic carbocycles. The lowest BCUT2D eigenvalue weighted by atomic mass is 10.1. The van der Waals surface area contributed by atoms with Crippen LogP contribution in [0.2, 0.25) is 0 Å². The topological polar surface area (TPSA) is 76.0 Å². The Kier molecular flexibility index (Phi) is 6.87. The third kappa shape index (κ3) is 5.23. The highest BCUT2D eigenvalue weighted by Crippen LogP contribution is 2.26. The van der Waals surface area contributed by atoms with E-state index in [9.17, 15) is 9.59 Å². The molecule has 0 fully saturated rings. The first-order valence-corrected chi connectivity index (χ1v) is 11.3. The van der Waals surface area contributed by atoms with E-state index in [4.69, 9.17) is 5.10 Å². The molecule has 2 N–H and O–H groups in total. The van der Waals surface area contributed by atoms with Crippen LogP contribution >= 0.6 is 0 Å². The van der Waals surface area contributed by atoms with Gasteiger partial charge in [-0.1, -0.05) is 67.1 Å². The monoisotopic (exact) mass is 452 g/mol. The molecule has 0 unspecified atom stereocenters. The summed E-state index contributed by atoms with van der Waals surface area (Å²) in [5.41, 5.74) is 6.45. The average Bonchev–Trinajstić information content (AvgIpc) is 3.26. The van der Waals surface area contributed by atoms with E-state index < -0.39 is 0 Å². The summed E-state index contributed by atoms with van der Waals surface area (Å²) in [5.74, 6) is -0.0768. The Morgan fingerprint density at radius 1 is 0.912 bits per heavy atom. The first-order valence-electron chi connectivity index (χ1n) is 11.3. The second kappa shape index (κ2) is 10.2. The van der Waals surface area contributed by atoms with Crippen LogP contribution in [0.15, 0.2) is 78.9 Å². The van der Waals surface area contributed by atoms with Gasteiger partial charge < -0.3 is 10.6 Å².